The number of rotatable bonds is 4. The molecule has 0 saturated carbocycles. The van der Waals surface area contributed by atoms with Crippen molar-refractivity contribution in [3.05, 3.63) is 0 Å². The predicted molar refractivity (Wildman–Crippen MR) is 68.9 cm³/mol. The van der Waals surface area contributed by atoms with Gasteiger partial charge in [0.05, 0.1) is 0 Å². The average Bonchev–Trinajstić information content (AvgIpc) is 2.29. The van der Waals surface area contributed by atoms with E-state index in [0.29, 0.717) is 0 Å². The minimum Gasteiger partial charge on any atom is -0.323 e. The lowest BCUT2D eigenvalue weighted by Gasteiger charge is -2.31. The smallest absolute Gasteiger partial charge is 0.323 e. The molecule has 1 fully saturated rings. The number of nitrogens with zero attached hydrogens (tertiary/aromatic N) is 2. The van der Waals surface area contributed by atoms with Crippen LogP contribution >= 0.6 is 23.9 Å². The number of urea groups is 1. The SMILES string of the molecule is CCSN(SCC)C(=O)N1CCCCC1. The third-order valence-corrected chi connectivity index (χ3v) is 4.21. The van der Waals surface area contributed by atoms with Crippen LogP contribution in [0.25, 0.3) is 0 Å². The number of carbonyl (C=O) groups is 1. The molecule has 1 rings (SSSR count). The summed E-state index contributed by atoms with van der Waals surface area (Å²) in [6.07, 6.45) is 3.59. The van der Waals surface area contributed by atoms with Crippen LogP contribution in [0.3, 0.4) is 0 Å². The van der Waals surface area contributed by atoms with Crippen LogP contribution in [0.4, 0.5) is 4.79 Å². The molecule has 1 aliphatic heterocycles. The molecule has 1 heterocycles. The molecule has 5 heteroatoms. The van der Waals surface area contributed by atoms with E-state index in [2.05, 4.69) is 13.8 Å². The van der Waals surface area contributed by atoms with Crippen molar-refractivity contribution >= 4 is 29.9 Å². The normalized spacial score (nSPS) is 16.5. The van der Waals surface area contributed by atoms with Crippen molar-refractivity contribution in [3.63, 3.8) is 0 Å². The first-order valence-electron chi connectivity index (χ1n) is 5.64. The van der Waals surface area contributed by atoms with E-state index in [9.17, 15) is 4.79 Å². The van der Waals surface area contributed by atoms with Crippen LogP contribution in [0, 0.1) is 0 Å². The summed E-state index contributed by atoms with van der Waals surface area (Å²) in [6, 6.07) is 0.188. The van der Waals surface area contributed by atoms with Gasteiger partial charge < -0.3 is 4.90 Å². The highest BCUT2D eigenvalue weighted by Crippen LogP contribution is 2.24. The minimum absolute atomic E-state index is 0.188. The second-order valence-electron chi connectivity index (χ2n) is 3.42. The van der Waals surface area contributed by atoms with Gasteiger partial charge >= 0.3 is 6.03 Å². The Labute approximate surface area is 101 Å². The van der Waals surface area contributed by atoms with Crippen LogP contribution in [-0.4, -0.2) is 39.2 Å². The van der Waals surface area contributed by atoms with Gasteiger partial charge in [0.1, 0.15) is 0 Å². The van der Waals surface area contributed by atoms with Gasteiger partial charge in [0.15, 0.2) is 0 Å². The van der Waals surface area contributed by atoms with Crippen LogP contribution in [-0.2, 0) is 0 Å². The number of hydrogen-bond donors (Lipinski definition) is 0. The Balaban J connectivity index is 2.45. The summed E-state index contributed by atoms with van der Waals surface area (Å²) in [5, 5.41) is 0. The van der Waals surface area contributed by atoms with E-state index in [1.165, 1.54) is 6.42 Å². The van der Waals surface area contributed by atoms with Crippen LogP contribution in [0.1, 0.15) is 33.1 Å². The number of piperidine rings is 1. The lowest BCUT2D eigenvalue weighted by Crippen LogP contribution is -2.40. The second kappa shape index (κ2) is 7.28. The van der Waals surface area contributed by atoms with E-state index in [1.807, 2.05) is 8.61 Å². The van der Waals surface area contributed by atoms with Gasteiger partial charge in [-0.1, -0.05) is 13.8 Å². The number of likely N-dealkylation sites (tertiary alicyclic amines) is 1. The quantitative estimate of drug-likeness (QED) is 0.714. The van der Waals surface area contributed by atoms with E-state index in [0.717, 1.165) is 37.4 Å². The molecule has 2 amide bonds. The van der Waals surface area contributed by atoms with Crippen molar-refractivity contribution in [1.29, 1.82) is 0 Å². The summed E-state index contributed by atoms with van der Waals surface area (Å²) in [5.41, 5.74) is 0. The molecular weight excluding hydrogens is 228 g/mol. The zero-order valence-electron chi connectivity index (χ0n) is 9.57. The van der Waals surface area contributed by atoms with Crippen LogP contribution in [0.15, 0.2) is 0 Å². The third-order valence-electron chi connectivity index (χ3n) is 2.28. The maximum absolute atomic E-state index is 12.1. The fourth-order valence-electron chi connectivity index (χ4n) is 1.58. The molecule has 0 aromatic heterocycles. The van der Waals surface area contributed by atoms with Gasteiger partial charge in [-0.25, -0.2) is 8.51 Å². The standard InChI is InChI=1S/C10H20N2OS2/c1-3-14-12(15-4-2)10(13)11-8-6-5-7-9-11/h3-9H2,1-2H3. The molecule has 0 N–H and O–H groups in total. The molecule has 1 saturated heterocycles. The summed E-state index contributed by atoms with van der Waals surface area (Å²) in [6.45, 7) is 6.03. The first kappa shape index (κ1) is 13.0. The highest BCUT2D eigenvalue weighted by Gasteiger charge is 2.22. The second-order valence-corrected chi connectivity index (χ2v) is 6.06. The van der Waals surface area contributed by atoms with E-state index in [1.54, 1.807) is 23.9 Å². The monoisotopic (exact) mass is 248 g/mol. The maximum atomic E-state index is 12.1. The first-order chi connectivity index (χ1) is 7.29. The summed E-state index contributed by atoms with van der Waals surface area (Å²) >= 11 is 3.22. The minimum atomic E-state index is 0.188. The molecule has 0 unspecified atom stereocenters. The van der Waals surface area contributed by atoms with Crippen molar-refractivity contribution in [2.45, 2.75) is 33.1 Å². The number of amides is 2. The predicted octanol–water partition coefficient (Wildman–Crippen LogP) is 3.23. The Morgan fingerprint density at radius 1 is 1.13 bits per heavy atom. The van der Waals surface area contributed by atoms with Crippen molar-refractivity contribution in [3.8, 4) is 0 Å². The Morgan fingerprint density at radius 2 is 1.67 bits per heavy atom. The van der Waals surface area contributed by atoms with E-state index >= 15 is 0 Å². The summed E-state index contributed by atoms with van der Waals surface area (Å²) in [4.78, 5) is 14.1. The summed E-state index contributed by atoms with van der Waals surface area (Å²) < 4.78 is 1.84. The summed E-state index contributed by atoms with van der Waals surface area (Å²) in [5.74, 6) is 1.90. The van der Waals surface area contributed by atoms with Gasteiger partial charge in [-0.15, -0.1) is 0 Å². The molecule has 15 heavy (non-hydrogen) atoms. The van der Waals surface area contributed by atoms with Crippen LogP contribution < -0.4 is 0 Å². The fraction of sp³-hybridized carbons (Fsp3) is 0.900. The average molecular weight is 248 g/mol. The largest absolute Gasteiger partial charge is 0.340 e. The van der Waals surface area contributed by atoms with Crippen LogP contribution in [0.5, 0.6) is 0 Å². The lowest BCUT2D eigenvalue weighted by molar-refractivity contribution is 0.183. The molecule has 1 aliphatic rings. The zero-order chi connectivity index (χ0) is 11.1. The highest BCUT2D eigenvalue weighted by atomic mass is 32.2. The molecule has 88 valence electrons. The third kappa shape index (κ3) is 4.15. The molecule has 0 aromatic carbocycles. The fourth-order valence-corrected chi connectivity index (χ4v) is 3.43. The molecule has 0 bridgehead atoms. The van der Waals surface area contributed by atoms with Gasteiger partial charge in [-0.2, -0.15) is 0 Å². The number of carbonyl (C=O) groups excluding carboxylic acids is 1. The van der Waals surface area contributed by atoms with E-state index in [-0.39, 0.29) is 6.03 Å². The maximum Gasteiger partial charge on any atom is 0.340 e. The van der Waals surface area contributed by atoms with Crippen molar-refractivity contribution < 1.29 is 4.79 Å². The van der Waals surface area contributed by atoms with E-state index in [4.69, 9.17) is 0 Å². The van der Waals surface area contributed by atoms with Crippen molar-refractivity contribution in [1.82, 2.24) is 8.61 Å². The molecular formula is C10H20N2OS2. The number of hydrogen-bond acceptors (Lipinski definition) is 3. The van der Waals surface area contributed by atoms with Gasteiger partial charge in [-0.05, 0) is 43.2 Å². The van der Waals surface area contributed by atoms with Crippen LogP contribution in [0.2, 0.25) is 0 Å². The Bertz CT molecular complexity index is 190. The zero-order valence-corrected chi connectivity index (χ0v) is 11.2. The Kier molecular flexibility index (Phi) is 6.32. The van der Waals surface area contributed by atoms with Gasteiger partial charge in [-0.3, -0.25) is 0 Å². The molecule has 3 nitrogen and oxygen atoms in total. The highest BCUT2D eigenvalue weighted by molar-refractivity contribution is 8.12. The topological polar surface area (TPSA) is 23.6 Å². The first-order valence-corrected chi connectivity index (χ1v) is 7.53. The lowest BCUT2D eigenvalue weighted by atomic mass is 10.1. The molecule has 0 atom stereocenters. The summed E-state index contributed by atoms with van der Waals surface area (Å²) in [7, 11) is 0. The molecule has 0 spiro atoms. The van der Waals surface area contributed by atoms with Gasteiger partial charge in [0, 0.05) is 24.6 Å². The molecule has 0 aliphatic carbocycles. The Hall–Kier alpha value is -0.0300. The van der Waals surface area contributed by atoms with Crippen molar-refractivity contribution in [2.24, 2.45) is 0 Å². The molecule has 0 aromatic rings. The Morgan fingerprint density at radius 3 is 2.13 bits per heavy atom. The van der Waals surface area contributed by atoms with Crippen molar-refractivity contribution in [2.75, 3.05) is 24.6 Å². The molecule has 0 radical (unpaired) electrons. The van der Waals surface area contributed by atoms with E-state index < -0.39 is 0 Å². The van der Waals surface area contributed by atoms with Gasteiger partial charge in [0.25, 0.3) is 0 Å². The van der Waals surface area contributed by atoms with Gasteiger partial charge in [0.2, 0.25) is 0 Å².